The van der Waals surface area contributed by atoms with E-state index in [0.29, 0.717) is 5.75 Å². The van der Waals surface area contributed by atoms with Crippen LogP contribution in [0.2, 0.25) is 0 Å². The molecule has 3 N–H and O–H groups in total. The normalized spacial score (nSPS) is 11.9. The van der Waals surface area contributed by atoms with Gasteiger partial charge in [-0.1, -0.05) is 19.1 Å². The second-order valence-electron chi connectivity index (χ2n) is 3.27. The standard InChI is InChI=1S/C11H16N2O2/c1-3-9-4-6-10(7-5-9)15-8(2)11(14)13-12/h4-8H,3,12H2,1-2H3,(H,13,14)/t8-/m1/s1. The van der Waals surface area contributed by atoms with E-state index in [1.807, 2.05) is 29.7 Å². The number of amides is 1. The number of nitrogens with one attached hydrogen (secondary N) is 1. The van der Waals surface area contributed by atoms with Crippen molar-refractivity contribution in [2.45, 2.75) is 26.4 Å². The van der Waals surface area contributed by atoms with Gasteiger partial charge in [-0.25, -0.2) is 5.84 Å². The summed E-state index contributed by atoms with van der Waals surface area (Å²) in [6, 6.07) is 7.64. The number of ether oxygens (including phenoxy) is 1. The third kappa shape index (κ3) is 3.25. The maximum atomic E-state index is 11.1. The van der Waals surface area contributed by atoms with Crippen molar-refractivity contribution in [1.29, 1.82) is 0 Å². The van der Waals surface area contributed by atoms with E-state index in [-0.39, 0.29) is 5.91 Å². The second-order valence-corrected chi connectivity index (χ2v) is 3.27. The van der Waals surface area contributed by atoms with Crippen LogP contribution in [-0.2, 0) is 11.2 Å². The lowest BCUT2D eigenvalue weighted by atomic mass is 10.2. The molecule has 0 bridgehead atoms. The SMILES string of the molecule is CCc1ccc(O[C@H](C)C(=O)NN)cc1. The molecule has 0 aliphatic heterocycles. The molecule has 0 heterocycles. The Kier molecular flexibility index (Phi) is 4.12. The number of benzene rings is 1. The van der Waals surface area contributed by atoms with E-state index in [0.717, 1.165) is 6.42 Å². The van der Waals surface area contributed by atoms with Gasteiger partial charge in [0, 0.05) is 0 Å². The van der Waals surface area contributed by atoms with E-state index >= 15 is 0 Å². The first-order valence-corrected chi connectivity index (χ1v) is 4.93. The molecule has 0 unspecified atom stereocenters. The number of aryl methyl sites for hydroxylation is 1. The molecule has 0 spiro atoms. The monoisotopic (exact) mass is 208 g/mol. The predicted molar refractivity (Wildman–Crippen MR) is 58.2 cm³/mol. The van der Waals surface area contributed by atoms with Crippen LogP contribution in [0.5, 0.6) is 5.75 Å². The van der Waals surface area contributed by atoms with Crippen molar-refractivity contribution in [3.63, 3.8) is 0 Å². The maximum Gasteiger partial charge on any atom is 0.274 e. The summed E-state index contributed by atoms with van der Waals surface area (Å²) < 4.78 is 5.37. The highest BCUT2D eigenvalue weighted by atomic mass is 16.5. The fourth-order valence-corrected chi connectivity index (χ4v) is 1.18. The molecule has 1 rings (SSSR count). The van der Waals surface area contributed by atoms with Gasteiger partial charge in [0.1, 0.15) is 5.75 Å². The molecule has 0 radical (unpaired) electrons. The van der Waals surface area contributed by atoms with Crippen molar-refractivity contribution in [3.05, 3.63) is 29.8 Å². The fraction of sp³-hybridized carbons (Fsp3) is 0.364. The minimum absolute atomic E-state index is 0.338. The number of carbonyl (C=O) groups excluding carboxylic acids is 1. The van der Waals surface area contributed by atoms with Crippen LogP contribution in [0.25, 0.3) is 0 Å². The average Bonchev–Trinajstić information content (AvgIpc) is 2.29. The van der Waals surface area contributed by atoms with Gasteiger partial charge in [0.2, 0.25) is 0 Å². The Balaban J connectivity index is 2.60. The van der Waals surface area contributed by atoms with E-state index in [1.165, 1.54) is 5.56 Å². The van der Waals surface area contributed by atoms with Crippen LogP contribution in [-0.4, -0.2) is 12.0 Å². The second kappa shape index (κ2) is 5.36. The summed E-state index contributed by atoms with van der Waals surface area (Å²) in [5, 5.41) is 0. The van der Waals surface area contributed by atoms with Crippen molar-refractivity contribution in [2.75, 3.05) is 0 Å². The molecule has 1 atom stereocenters. The van der Waals surface area contributed by atoms with E-state index in [9.17, 15) is 4.79 Å². The van der Waals surface area contributed by atoms with Gasteiger partial charge >= 0.3 is 0 Å². The molecule has 1 aromatic carbocycles. The number of hydrazine groups is 1. The molecule has 1 amide bonds. The first-order valence-electron chi connectivity index (χ1n) is 4.93. The number of nitrogens with two attached hydrogens (primary N) is 1. The summed E-state index contributed by atoms with van der Waals surface area (Å²) in [5.41, 5.74) is 3.28. The van der Waals surface area contributed by atoms with Crippen LogP contribution in [0.4, 0.5) is 0 Å². The molecular weight excluding hydrogens is 192 g/mol. The summed E-state index contributed by atoms with van der Waals surface area (Å²) in [4.78, 5) is 11.1. The highest BCUT2D eigenvalue weighted by molar-refractivity contribution is 5.80. The van der Waals surface area contributed by atoms with Crippen molar-refractivity contribution in [2.24, 2.45) is 5.84 Å². The molecule has 0 fully saturated rings. The van der Waals surface area contributed by atoms with Crippen LogP contribution in [0.3, 0.4) is 0 Å². The van der Waals surface area contributed by atoms with E-state index in [2.05, 4.69) is 6.92 Å². The topological polar surface area (TPSA) is 64.3 Å². The Labute approximate surface area is 89.4 Å². The van der Waals surface area contributed by atoms with E-state index < -0.39 is 6.10 Å². The van der Waals surface area contributed by atoms with Gasteiger partial charge in [0.25, 0.3) is 5.91 Å². The van der Waals surface area contributed by atoms with Crippen LogP contribution >= 0.6 is 0 Å². The molecule has 0 aliphatic rings. The molecule has 4 heteroatoms. The predicted octanol–water partition coefficient (Wildman–Crippen LogP) is 1.01. The average molecular weight is 208 g/mol. The Morgan fingerprint density at radius 2 is 2.07 bits per heavy atom. The van der Waals surface area contributed by atoms with E-state index in [4.69, 9.17) is 10.6 Å². The largest absolute Gasteiger partial charge is 0.481 e. The number of rotatable bonds is 4. The van der Waals surface area contributed by atoms with Gasteiger partial charge in [-0.15, -0.1) is 0 Å². The van der Waals surface area contributed by atoms with Gasteiger partial charge in [-0.2, -0.15) is 0 Å². The van der Waals surface area contributed by atoms with Gasteiger partial charge in [-0.3, -0.25) is 10.2 Å². The smallest absolute Gasteiger partial charge is 0.274 e. The third-order valence-corrected chi connectivity index (χ3v) is 2.16. The highest BCUT2D eigenvalue weighted by Crippen LogP contribution is 2.14. The van der Waals surface area contributed by atoms with Crippen LogP contribution in [0.1, 0.15) is 19.4 Å². The lowest BCUT2D eigenvalue weighted by molar-refractivity contribution is -0.127. The summed E-state index contributed by atoms with van der Waals surface area (Å²) in [5.74, 6) is 5.32. The molecule has 0 saturated carbocycles. The van der Waals surface area contributed by atoms with Crippen LogP contribution in [0, 0.1) is 0 Å². The lowest BCUT2D eigenvalue weighted by Crippen LogP contribution is -2.40. The molecule has 15 heavy (non-hydrogen) atoms. The van der Waals surface area contributed by atoms with Crippen molar-refractivity contribution < 1.29 is 9.53 Å². The van der Waals surface area contributed by atoms with Crippen LogP contribution in [0.15, 0.2) is 24.3 Å². The van der Waals surface area contributed by atoms with Crippen molar-refractivity contribution in [3.8, 4) is 5.75 Å². The first kappa shape index (κ1) is 11.5. The third-order valence-electron chi connectivity index (χ3n) is 2.16. The first-order chi connectivity index (χ1) is 7.17. The fourth-order valence-electron chi connectivity index (χ4n) is 1.18. The summed E-state index contributed by atoms with van der Waals surface area (Å²) in [6.45, 7) is 3.73. The minimum atomic E-state index is -0.581. The number of hydrogen-bond acceptors (Lipinski definition) is 3. The van der Waals surface area contributed by atoms with Gasteiger partial charge in [0.15, 0.2) is 6.10 Å². The minimum Gasteiger partial charge on any atom is -0.481 e. The number of carbonyl (C=O) groups is 1. The molecule has 1 aromatic rings. The lowest BCUT2D eigenvalue weighted by Gasteiger charge is -2.12. The zero-order valence-corrected chi connectivity index (χ0v) is 8.99. The maximum absolute atomic E-state index is 11.1. The van der Waals surface area contributed by atoms with E-state index in [1.54, 1.807) is 6.92 Å². The Morgan fingerprint density at radius 1 is 1.47 bits per heavy atom. The van der Waals surface area contributed by atoms with Crippen LogP contribution < -0.4 is 16.0 Å². The van der Waals surface area contributed by atoms with Crippen molar-refractivity contribution in [1.82, 2.24) is 5.43 Å². The Morgan fingerprint density at radius 3 is 2.53 bits per heavy atom. The number of hydrogen-bond donors (Lipinski definition) is 2. The molecule has 0 saturated heterocycles. The van der Waals surface area contributed by atoms with Gasteiger partial charge in [0.05, 0.1) is 0 Å². The summed E-state index contributed by atoms with van der Waals surface area (Å²) >= 11 is 0. The zero-order valence-electron chi connectivity index (χ0n) is 8.99. The molecule has 4 nitrogen and oxygen atoms in total. The molecule has 82 valence electrons. The molecular formula is C11H16N2O2. The molecule has 0 aliphatic carbocycles. The Bertz CT molecular complexity index is 322. The van der Waals surface area contributed by atoms with Gasteiger partial charge in [-0.05, 0) is 31.0 Å². The molecule has 0 aromatic heterocycles. The Hall–Kier alpha value is -1.55. The van der Waals surface area contributed by atoms with Gasteiger partial charge < -0.3 is 4.74 Å². The zero-order chi connectivity index (χ0) is 11.3. The summed E-state index contributed by atoms with van der Waals surface area (Å²) in [7, 11) is 0. The highest BCUT2D eigenvalue weighted by Gasteiger charge is 2.12. The summed E-state index contributed by atoms with van der Waals surface area (Å²) in [6.07, 6.45) is 0.404. The quantitative estimate of drug-likeness (QED) is 0.441. The van der Waals surface area contributed by atoms with Crippen molar-refractivity contribution >= 4 is 5.91 Å².